The largest absolute Gasteiger partial charge is 0.860 e. The summed E-state index contributed by atoms with van der Waals surface area (Å²) in [4.78, 5) is 24.3. The first-order chi connectivity index (χ1) is 23.3. The summed E-state index contributed by atoms with van der Waals surface area (Å²) < 4.78 is 77.5. The molecule has 50 heavy (non-hydrogen) atoms. The third kappa shape index (κ3) is 14.8. The highest BCUT2D eigenvalue weighted by Crippen LogP contribution is 2.58. The Kier molecular flexibility index (Phi) is 18.9. The van der Waals surface area contributed by atoms with E-state index in [0.717, 1.165) is 23.5 Å². The van der Waals surface area contributed by atoms with E-state index in [-0.39, 0.29) is 18.2 Å². The molecule has 0 unspecified atom stereocenters. The predicted molar refractivity (Wildman–Crippen MR) is 191 cm³/mol. The number of Topliss-reactive ketones (excluding diaryl/α,β-unsaturated/α-hetero) is 2. The van der Waals surface area contributed by atoms with Crippen molar-refractivity contribution in [1.29, 1.82) is 0 Å². The second-order valence-corrected chi connectivity index (χ2v) is 21.4. The molecule has 0 fully saturated rings. The van der Waals surface area contributed by atoms with Crippen LogP contribution in [0.4, 0.5) is 26.3 Å². The van der Waals surface area contributed by atoms with Crippen molar-refractivity contribution >= 4 is 33.4 Å². The molecule has 0 saturated carbocycles. The standard InChI is InChI=1S/2C14H22OP.C8H3BF6O3/c2*1-4-16(5-2,6-3)12-14(15)13-10-8-7-9-11-13;10-7(11,12)4-1-5(8(13,14)15)3-6(2-4)18-9(16)17/h2*7-11H,4-6,12H2,1-3H3;1-3H/q2*+1;-2. The molecule has 0 N–H and O–H groups in total. The maximum absolute atomic E-state index is 12.3. The molecule has 14 heteroatoms. The highest BCUT2D eigenvalue weighted by molar-refractivity contribution is 7.77. The third-order valence-corrected chi connectivity index (χ3v) is 18.9. The molecular formula is C36H47BF6O5P2. The second kappa shape index (κ2) is 20.9. The highest BCUT2D eigenvalue weighted by Gasteiger charge is 2.37. The number of halogens is 6. The fourth-order valence-electron chi connectivity index (χ4n) is 5.16. The first kappa shape index (κ1) is 45.2. The number of hydrogen-bond donors (Lipinski definition) is 0. The Morgan fingerprint density at radius 2 is 0.880 bits per heavy atom. The first-order valence-corrected chi connectivity index (χ1v) is 21.5. The van der Waals surface area contributed by atoms with Gasteiger partial charge >= 0.3 is 12.4 Å². The Balaban J connectivity index is 0.000000376. The van der Waals surface area contributed by atoms with Gasteiger partial charge in [-0.2, -0.15) is 26.3 Å². The van der Waals surface area contributed by atoms with E-state index >= 15 is 0 Å². The molecule has 0 spiro atoms. The summed E-state index contributed by atoms with van der Waals surface area (Å²) in [6, 6.07) is 19.6. The van der Waals surface area contributed by atoms with Crippen molar-refractivity contribution in [2.45, 2.75) is 53.9 Å². The number of ketones is 2. The zero-order chi connectivity index (χ0) is 38.2. The lowest BCUT2D eigenvalue weighted by Crippen LogP contribution is -2.50. The number of alkyl halides is 6. The molecule has 0 aliphatic rings. The summed E-state index contributed by atoms with van der Waals surface area (Å²) in [5.74, 6) is -0.411. The number of benzene rings is 3. The molecule has 0 saturated heterocycles. The quantitative estimate of drug-likeness (QED) is 0.0713. The minimum atomic E-state index is -5.05. The van der Waals surface area contributed by atoms with Crippen molar-refractivity contribution in [1.82, 2.24) is 0 Å². The molecule has 5 nitrogen and oxygen atoms in total. The van der Waals surface area contributed by atoms with E-state index in [0.29, 0.717) is 11.6 Å². The lowest BCUT2D eigenvalue weighted by atomic mass is 10.1. The van der Waals surface area contributed by atoms with E-state index in [9.17, 15) is 46.0 Å². The van der Waals surface area contributed by atoms with Crippen molar-refractivity contribution in [3.05, 3.63) is 101 Å². The van der Waals surface area contributed by atoms with Gasteiger partial charge in [-0.25, -0.2) is 0 Å². The summed E-state index contributed by atoms with van der Waals surface area (Å²) >= 11 is 0. The molecule has 0 aliphatic carbocycles. The van der Waals surface area contributed by atoms with Crippen molar-refractivity contribution in [3.8, 4) is 5.75 Å². The molecule has 3 rings (SSSR count). The molecule has 276 valence electrons. The molecular weight excluding hydrogens is 699 g/mol. The lowest BCUT2D eigenvalue weighted by Gasteiger charge is -2.27. The normalized spacial score (nSPS) is 11.8. The van der Waals surface area contributed by atoms with Gasteiger partial charge in [0, 0.05) is 25.7 Å². The van der Waals surface area contributed by atoms with Gasteiger partial charge in [-0.15, -0.1) is 0 Å². The van der Waals surface area contributed by atoms with Gasteiger partial charge in [0.1, 0.15) is 19.6 Å². The molecule has 0 radical (unpaired) electrons. The minimum Gasteiger partial charge on any atom is -0.860 e. The fourth-order valence-corrected chi connectivity index (χ4v) is 10.8. The lowest BCUT2D eigenvalue weighted by molar-refractivity contribution is -0.372. The summed E-state index contributed by atoms with van der Waals surface area (Å²) in [7, 11) is -5.04. The van der Waals surface area contributed by atoms with Crippen molar-refractivity contribution in [3.63, 3.8) is 0 Å². The molecule has 0 amide bonds. The molecule has 0 atom stereocenters. The van der Waals surface area contributed by atoms with E-state index in [1.165, 1.54) is 37.0 Å². The highest BCUT2D eigenvalue weighted by atomic mass is 31.2. The van der Waals surface area contributed by atoms with Crippen LogP contribution in [0.25, 0.3) is 0 Å². The van der Waals surface area contributed by atoms with Crippen LogP contribution in [-0.2, 0) is 12.4 Å². The van der Waals surface area contributed by atoms with Gasteiger partial charge < -0.3 is 14.7 Å². The maximum atomic E-state index is 12.3. The topological polar surface area (TPSA) is 89.5 Å². The van der Waals surface area contributed by atoms with Gasteiger partial charge in [0.15, 0.2) is 11.6 Å². The van der Waals surface area contributed by atoms with Gasteiger partial charge in [0.2, 0.25) is 0 Å². The fraction of sp³-hybridized carbons (Fsp3) is 0.444. The van der Waals surface area contributed by atoms with Crippen molar-refractivity contribution < 1.29 is 50.6 Å². The molecule has 3 aromatic carbocycles. The van der Waals surface area contributed by atoms with E-state index in [2.05, 4.69) is 46.2 Å². The van der Waals surface area contributed by atoms with Gasteiger partial charge in [-0.05, 0) is 59.7 Å². The van der Waals surface area contributed by atoms with E-state index in [4.69, 9.17) is 0 Å². The summed E-state index contributed by atoms with van der Waals surface area (Å²) in [6.07, 6.45) is -1.37. The Hall–Kier alpha value is -2.78. The number of rotatable bonds is 14. The molecule has 3 aromatic rings. The summed E-state index contributed by atoms with van der Waals surface area (Å²) in [6.45, 7) is 13.4. The number of hydrogen-bond acceptors (Lipinski definition) is 5. The summed E-state index contributed by atoms with van der Waals surface area (Å²) in [5, 5.41) is 20.2. The van der Waals surface area contributed by atoms with Gasteiger partial charge in [-0.3, -0.25) is 9.59 Å². The first-order valence-electron chi connectivity index (χ1n) is 16.5. The van der Waals surface area contributed by atoms with Crippen LogP contribution in [0, 0.1) is 0 Å². The van der Waals surface area contributed by atoms with Crippen LogP contribution in [0.1, 0.15) is 73.4 Å². The van der Waals surface area contributed by atoms with Crippen LogP contribution >= 0.6 is 14.5 Å². The molecule has 0 aliphatic heterocycles. The Morgan fingerprint density at radius 1 is 0.580 bits per heavy atom. The average Bonchev–Trinajstić information content (AvgIpc) is 3.09. The average molecular weight is 747 g/mol. The number of carbonyl (C=O) groups excluding carboxylic acids is 2. The molecule has 0 aromatic heterocycles. The van der Waals surface area contributed by atoms with Crippen molar-refractivity contribution in [2.24, 2.45) is 0 Å². The van der Waals surface area contributed by atoms with E-state index < -0.39 is 51.1 Å². The van der Waals surface area contributed by atoms with Gasteiger partial charge in [0.25, 0.3) is 0 Å². The predicted octanol–water partition coefficient (Wildman–Crippen LogP) is 8.70. The van der Waals surface area contributed by atoms with Gasteiger partial charge in [-0.1, -0.05) is 60.7 Å². The minimum absolute atomic E-state index is 0.141. The van der Waals surface area contributed by atoms with Crippen LogP contribution < -0.4 is 14.7 Å². The van der Waals surface area contributed by atoms with E-state index in [1.807, 2.05) is 60.7 Å². The zero-order valence-corrected chi connectivity index (χ0v) is 31.2. The van der Waals surface area contributed by atoms with Crippen molar-refractivity contribution in [2.75, 3.05) is 49.3 Å². The van der Waals surface area contributed by atoms with Gasteiger partial charge in [0.05, 0.1) is 53.8 Å². The summed E-state index contributed by atoms with van der Waals surface area (Å²) in [5.41, 5.74) is -1.56. The third-order valence-electron chi connectivity index (χ3n) is 8.97. The Labute approximate surface area is 293 Å². The molecule has 0 bridgehead atoms. The Morgan fingerprint density at radius 3 is 1.12 bits per heavy atom. The van der Waals surface area contributed by atoms with Crippen LogP contribution in [-0.4, -0.2) is 68.2 Å². The second-order valence-electron chi connectivity index (χ2n) is 11.6. The van der Waals surface area contributed by atoms with Crippen LogP contribution in [0.15, 0.2) is 78.9 Å². The van der Waals surface area contributed by atoms with E-state index in [1.54, 1.807) is 0 Å². The SMILES string of the molecule is CC[P+](CC)(CC)CC(=O)c1ccccc1.CC[P+](CC)(CC)CC(=O)c1ccccc1.[O-]B([O-])Oc1cc(C(F)(F)F)cc(C(F)(F)F)c1. The number of carbonyl (C=O) groups is 2. The van der Waals surface area contributed by atoms with Crippen LogP contribution in [0.2, 0.25) is 0 Å². The molecule has 0 heterocycles. The van der Waals surface area contributed by atoms with Crippen LogP contribution in [0.3, 0.4) is 0 Å². The maximum Gasteiger partial charge on any atom is 0.416 e. The Bertz CT molecular complexity index is 1330. The van der Waals surface area contributed by atoms with Crippen LogP contribution in [0.5, 0.6) is 5.75 Å². The zero-order valence-electron chi connectivity index (χ0n) is 29.4. The monoisotopic (exact) mass is 746 g/mol. The smallest absolute Gasteiger partial charge is 0.416 e.